The second-order valence-electron chi connectivity index (χ2n) is 7.74. The molecule has 32 heavy (non-hydrogen) atoms. The Morgan fingerprint density at radius 1 is 1.22 bits per heavy atom. The lowest BCUT2D eigenvalue weighted by Gasteiger charge is -2.30. The van der Waals surface area contributed by atoms with E-state index < -0.39 is 28.6 Å². The molecular formula is C21H24ClNO7S2. The third-order valence-corrected chi connectivity index (χ3v) is 8.13. The number of hydrogen-bond donors (Lipinski definition) is 2. The lowest BCUT2D eigenvalue weighted by Crippen LogP contribution is -2.35. The third kappa shape index (κ3) is 5.73. The van der Waals surface area contributed by atoms with Crippen LogP contribution in [0.5, 0.6) is 5.75 Å². The Morgan fingerprint density at radius 2 is 1.91 bits per heavy atom. The van der Waals surface area contributed by atoms with Crippen LogP contribution in [0.25, 0.3) is 10.4 Å². The van der Waals surface area contributed by atoms with E-state index in [9.17, 15) is 23.1 Å². The van der Waals surface area contributed by atoms with Crippen LogP contribution >= 0.6 is 22.9 Å². The molecule has 1 aromatic carbocycles. The van der Waals surface area contributed by atoms with Gasteiger partial charge in [-0.15, -0.1) is 11.3 Å². The monoisotopic (exact) mass is 501 g/mol. The summed E-state index contributed by atoms with van der Waals surface area (Å²) in [5, 5.41) is 18.3. The van der Waals surface area contributed by atoms with E-state index in [4.69, 9.17) is 21.4 Å². The van der Waals surface area contributed by atoms with Crippen molar-refractivity contribution in [3.63, 3.8) is 0 Å². The molecule has 1 aliphatic carbocycles. The van der Waals surface area contributed by atoms with E-state index in [1.807, 2.05) is 0 Å². The number of carboxylic acid groups (broad SMARTS) is 2. The number of aromatic carboxylic acids is 1. The van der Waals surface area contributed by atoms with Crippen LogP contribution in [0.4, 0.5) is 5.69 Å². The average molecular weight is 502 g/mol. The summed E-state index contributed by atoms with van der Waals surface area (Å²) >= 11 is 7.21. The number of anilines is 1. The summed E-state index contributed by atoms with van der Waals surface area (Å²) in [6, 6.07) is 6.70. The minimum absolute atomic E-state index is 0.0241. The van der Waals surface area contributed by atoms with Gasteiger partial charge in [-0.25, -0.2) is 18.0 Å². The molecule has 0 amide bonds. The Hall–Kier alpha value is -2.30. The fourth-order valence-corrected chi connectivity index (χ4v) is 6.20. The van der Waals surface area contributed by atoms with Crippen molar-refractivity contribution >= 4 is 50.6 Å². The van der Waals surface area contributed by atoms with Gasteiger partial charge in [0.2, 0.25) is 10.0 Å². The summed E-state index contributed by atoms with van der Waals surface area (Å²) in [4.78, 5) is 22.6. The number of nitrogens with zero attached hydrogens (tertiary/aromatic N) is 1. The van der Waals surface area contributed by atoms with Gasteiger partial charge in [0.05, 0.1) is 16.8 Å². The first-order chi connectivity index (χ1) is 15.1. The first-order valence-electron chi connectivity index (χ1n) is 10.1. The van der Waals surface area contributed by atoms with E-state index in [2.05, 4.69) is 0 Å². The van der Waals surface area contributed by atoms with Gasteiger partial charge in [0, 0.05) is 6.54 Å². The van der Waals surface area contributed by atoms with E-state index >= 15 is 0 Å². The largest absolute Gasteiger partial charge is 0.479 e. The fourth-order valence-electron chi connectivity index (χ4n) is 3.82. The molecular weight excluding hydrogens is 478 g/mol. The molecule has 174 valence electrons. The molecule has 0 saturated heterocycles. The van der Waals surface area contributed by atoms with Crippen LogP contribution in [-0.2, 0) is 14.8 Å². The van der Waals surface area contributed by atoms with Crippen LogP contribution in [0.2, 0.25) is 5.02 Å². The van der Waals surface area contributed by atoms with Gasteiger partial charge in [-0.05, 0) is 36.5 Å². The third-order valence-electron chi connectivity index (χ3n) is 5.29. The van der Waals surface area contributed by atoms with E-state index in [1.54, 1.807) is 24.3 Å². The molecule has 0 aliphatic heterocycles. The van der Waals surface area contributed by atoms with E-state index in [0.717, 1.165) is 37.0 Å². The predicted molar refractivity (Wildman–Crippen MR) is 124 cm³/mol. The molecule has 0 spiro atoms. The summed E-state index contributed by atoms with van der Waals surface area (Å²) in [5.41, 5.74) is 0.979. The van der Waals surface area contributed by atoms with Crippen molar-refractivity contribution in [1.82, 2.24) is 0 Å². The van der Waals surface area contributed by atoms with Gasteiger partial charge < -0.3 is 14.9 Å². The normalized spacial score (nSPS) is 14.8. The zero-order valence-corrected chi connectivity index (χ0v) is 19.8. The predicted octanol–water partition coefficient (Wildman–Crippen LogP) is 4.58. The molecule has 1 aliphatic rings. The first-order valence-corrected chi connectivity index (χ1v) is 13.1. The van der Waals surface area contributed by atoms with Crippen LogP contribution in [0, 0.1) is 5.92 Å². The maximum atomic E-state index is 12.6. The highest BCUT2D eigenvalue weighted by molar-refractivity contribution is 7.92. The zero-order chi connectivity index (χ0) is 23.5. The van der Waals surface area contributed by atoms with E-state index in [-0.39, 0.29) is 21.6 Å². The average Bonchev–Trinajstić information content (AvgIpc) is 3.07. The van der Waals surface area contributed by atoms with Crippen LogP contribution in [-0.4, -0.2) is 50.0 Å². The van der Waals surface area contributed by atoms with Gasteiger partial charge in [-0.1, -0.05) is 43.0 Å². The van der Waals surface area contributed by atoms with Gasteiger partial charge in [0.25, 0.3) is 0 Å². The van der Waals surface area contributed by atoms with Crippen molar-refractivity contribution in [2.24, 2.45) is 5.92 Å². The highest BCUT2D eigenvalue weighted by atomic mass is 35.5. The smallest absolute Gasteiger partial charge is 0.349 e. The van der Waals surface area contributed by atoms with Gasteiger partial charge >= 0.3 is 11.9 Å². The molecule has 0 unspecified atom stereocenters. The van der Waals surface area contributed by atoms with Crippen molar-refractivity contribution < 1.29 is 33.0 Å². The van der Waals surface area contributed by atoms with Gasteiger partial charge in [0.1, 0.15) is 5.02 Å². The van der Waals surface area contributed by atoms with Gasteiger partial charge in [-0.2, -0.15) is 0 Å². The maximum Gasteiger partial charge on any atom is 0.349 e. The molecule has 2 N–H and O–H groups in total. The zero-order valence-electron chi connectivity index (χ0n) is 17.4. The van der Waals surface area contributed by atoms with Crippen LogP contribution in [0.3, 0.4) is 0 Å². The Bertz CT molecular complexity index is 1110. The van der Waals surface area contributed by atoms with Gasteiger partial charge in [0.15, 0.2) is 17.2 Å². The maximum absolute atomic E-state index is 12.6. The highest BCUT2D eigenvalue weighted by Gasteiger charge is 2.27. The van der Waals surface area contributed by atoms with Gasteiger partial charge in [-0.3, -0.25) is 4.31 Å². The fraction of sp³-hybridized carbons (Fsp3) is 0.429. The Kier molecular flexibility index (Phi) is 7.68. The number of carboxylic acids is 2. The molecule has 8 nitrogen and oxygen atoms in total. The molecule has 2 aromatic rings. The number of aliphatic carboxylic acids is 1. The molecule has 0 atom stereocenters. The molecule has 1 fully saturated rings. The summed E-state index contributed by atoms with van der Waals surface area (Å²) in [7, 11) is -3.54. The van der Waals surface area contributed by atoms with Crippen molar-refractivity contribution in [3.05, 3.63) is 34.2 Å². The van der Waals surface area contributed by atoms with Crippen molar-refractivity contribution in [1.29, 1.82) is 0 Å². The van der Waals surface area contributed by atoms with Crippen LogP contribution in [0.1, 0.15) is 41.8 Å². The minimum Gasteiger partial charge on any atom is -0.479 e. The number of benzene rings is 1. The quantitative estimate of drug-likeness (QED) is 0.515. The minimum atomic E-state index is -3.54. The Labute approximate surface area is 195 Å². The lowest BCUT2D eigenvalue weighted by molar-refractivity contribution is -0.139. The van der Waals surface area contributed by atoms with E-state index in [1.165, 1.54) is 17.0 Å². The van der Waals surface area contributed by atoms with Crippen LogP contribution < -0.4 is 9.04 Å². The number of ether oxygens (including phenoxy) is 1. The first kappa shape index (κ1) is 24.3. The lowest BCUT2D eigenvalue weighted by atomic mass is 9.89. The van der Waals surface area contributed by atoms with Crippen LogP contribution in [0.15, 0.2) is 24.3 Å². The second kappa shape index (κ2) is 10.1. The number of carbonyl (C=O) groups is 2. The number of halogens is 1. The number of rotatable bonds is 9. The standard InChI is InChI=1S/C21H24ClNO7S2/c1-32(28,29)23(11-13-6-3-2-4-7-13)15-9-5-8-14(10-15)19-17(22)18(30-12-16(24)25)20(31-19)21(26)27/h5,8-10,13H,2-4,6-7,11-12H2,1H3,(H,24,25)(H,26,27). The Balaban J connectivity index is 1.99. The summed E-state index contributed by atoms with van der Waals surface area (Å²) in [5.74, 6) is -2.50. The molecule has 0 bridgehead atoms. The molecule has 3 rings (SSSR count). The van der Waals surface area contributed by atoms with Crippen molar-refractivity contribution in [3.8, 4) is 16.2 Å². The Morgan fingerprint density at radius 3 is 2.50 bits per heavy atom. The SMILES string of the molecule is CS(=O)(=O)N(CC1CCCCC1)c1cccc(-c2sc(C(=O)O)c(OCC(=O)O)c2Cl)c1. The topological polar surface area (TPSA) is 121 Å². The van der Waals surface area contributed by atoms with Crippen molar-refractivity contribution in [2.45, 2.75) is 32.1 Å². The molecule has 1 saturated carbocycles. The summed E-state index contributed by atoms with van der Waals surface area (Å²) < 4.78 is 31.6. The summed E-state index contributed by atoms with van der Waals surface area (Å²) in [6.45, 7) is -0.354. The second-order valence-corrected chi connectivity index (χ2v) is 11.0. The molecule has 11 heteroatoms. The summed E-state index contributed by atoms with van der Waals surface area (Å²) in [6.07, 6.45) is 6.47. The number of sulfonamides is 1. The highest BCUT2D eigenvalue weighted by Crippen LogP contribution is 2.46. The number of hydrogen-bond acceptors (Lipinski definition) is 6. The van der Waals surface area contributed by atoms with E-state index in [0.29, 0.717) is 22.7 Å². The molecule has 1 heterocycles. The molecule has 1 aromatic heterocycles. The van der Waals surface area contributed by atoms with Crippen molar-refractivity contribution in [2.75, 3.05) is 23.7 Å². The number of thiophene rings is 1. The molecule has 0 radical (unpaired) electrons.